The summed E-state index contributed by atoms with van der Waals surface area (Å²) in [7, 11) is 1.08. The van der Waals surface area contributed by atoms with Crippen LogP contribution in [0.4, 0.5) is 5.82 Å². The fourth-order valence-electron chi connectivity index (χ4n) is 1.56. The van der Waals surface area contributed by atoms with Gasteiger partial charge in [-0.05, 0) is 18.9 Å². The molecule has 2 aromatic rings. The average molecular weight is 201 g/mol. The van der Waals surface area contributed by atoms with Crippen molar-refractivity contribution < 1.29 is 9.55 Å². The van der Waals surface area contributed by atoms with E-state index in [2.05, 4.69) is 10.5 Å². The van der Waals surface area contributed by atoms with Crippen LogP contribution >= 0.6 is 0 Å². The first-order chi connectivity index (χ1) is 7.36. The van der Waals surface area contributed by atoms with Crippen molar-refractivity contribution in [3.8, 4) is 0 Å². The lowest BCUT2D eigenvalue weighted by atomic mass is 9.88. The van der Waals surface area contributed by atoms with Gasteiger partial charge in [-0.3, -0.25) is 0 Å². The summed E-state index contributed by atoms with van der Waals surface area (Å²) in [5.41, 5.74) is 1.49. The van der Waals surface area contributed by atoms with Gasteiger partial charge in [-0.2, -0.15) is 0 Å². The number of rotatable bonds is 3. The van der Waals surface area contributed by atoms with Crippen LogP contribution < -0.4 is 10.8 Å². The molecule has 4 nitrogen and oxygen atoms in total. The van der Waals surface area contributed by atoms with Gasteiger partial charge in [0.15, 0.2) is 11.4 Å². The van der Waals surface area contributed by atoms with Crippen LogP contribution in [0.15, 0.2) is 22.7 Å². The lowest BCUT2D eigenvalue weighted by molar-refractivity contribution is 0.459. The van der Waals surface area contributed by atoms with Crippen molar-refractivity contribution >= 4 is 29.7 Å². The minimum Gasteiger partial charge on any atom is -0.450 e. The molecule has 0 spiro atoms. The molecular formula is C10H10BN2O2. The second-order valence-corrected chi connectivity index (χ2v) is 3.83. The molecule has 2 N–H and O–H groups in total. The average Bonchev–Trinajstić information content (AvgIpc) is 3.00. The minimum absolute atomic E-state index is 0.542. The summed E-state index contributed by atoms with van der Waals surface area (Å²) in [4.78, 5) is 0. The van der Waals surface area contributed by atoms with Gasteiger partial charge in [0.1, 0.15) is 0 Å². The minimum atomic E-state index is 0.542. The van der Waals surface area contributed by atoms with E-state index in [1.807, 2.05) is 12.1 Å². The molecule has 0 saturated heterocycles. The van der Waals surface area contributed by atoms with E-state index in [0.717, 1.165) is 29.7 Å². The number of nitrogens with zero attached hydrogens (tertiary/aromatic N) is 1. The highest BCUT2D eigenvalue weighted by Crippen LogP contribution is 2.28. The van der Waals surface area contributed by atoms with Gasteiger partial charge >= 0.3 is 7.48 Å². The van der Waals surface area contributed by atoms with E-state index in [4.69, 9.17) is 9.55 Å². The number of hydrogen-bond donors (Lipinski definition) is 2. The molecule has 75 valence electrons. The van der Waals surface area contributed by atoms with E-state index in [9.17, 15) is 0 Å². The molecule has 1 heterocycles. The quantitative estimate of drug-likeness (QED) is 0.715. The zero-order chi connectivity index (χ0) is 10.3. The van der Waals surface area contributed by atoms with Crippen molar-refractivity contribution in [2.75, 3.05) is 5.32 Å². The lowest BCUT2D eigenvalue weighted by Crippen LogP contribution is -2.12. The molecule has 1 saturated carbocycles. The number of benzene rings is 1. The summed E-state index contributed by atoms with van der Waals surface area (Å²) in [5.74, 6) is 0.774. The zero-order valence-electron chi connectivity index (χ0n) is 8.10. The van der Waals surface area contributed by atoms with E-state index in [1.165, 1.54) is 12.8 Å². The van der Waals surface area contributed by atoms with E-state index in [0.29, 0.717) is 6.04 Å². The molecular weight excluding hydrogens is 191 g/mol. The summed E-state index contributed by atoms with van der Waals surface area (Å²) in [6, 6.07) is 5.99. The third-order valence-corrected chi connectivity index (χ3v) is 2.56. The fourth-order valence-corrected chi connectivity index (χ4v) is 1.56. The van der Waals surface area contributed by atoms with Crippen LogP contribution in [-0.2, 0) is 0 Å². The van der Waals surface area contributed by atoms with Gasteiger partial charge in [0.2, 0.25) is 0 Å². The van der Waals surface area contributed by atoms with Crippen LogP contribution in [-0.4, -0.2) is 23.7 Å². The predicted molar refractivity (Wildman–Crippen MR) is 58.3 cm³/mol. The first kappa shape index (κ1) is 8.79. The topological polar surface area (TPSA) is 58.3 Å². The van der Waals surface area contributed by atoms with Gasteiger partial charge in [-0.1, -0.05) is 22.8 Å². The van der Waals surface area contributed by atoms with Gasteiger partial charge < -0.3 is 14.9 Å². The van der Waals surface area contributed by atoms with Crippen LogP contribution in [0.5, 0.6) is 0 Å². The van der Waals surface area contributed by atoms with Gasteiger partial charge in [-0.15, -0.1) is 0 Å². The molecule has 5 heteroatoms. The molecule has 0 amide bonds. The van der Waals surface area contributed by atoms with Crippen molar-refractivity contribution in [2.24, 2.45) is 0 Å². The molecule has 3 rings (SSSR count). The van der Waals surface area contributed by atoms with E-state index < -0.39 is 0 Å². The maximum absolute atomic E-state index is 8.92. The Hall–Kier alpha value is -1.49. The largest absolute Gasteiger partial charge is 0.450 e. The maximum atomic E-state index is 8.92. The Morgan fingerprint density at radius 1 is 1.47 bits per heavy atom. The second-order valence-electron chi connectivity index (χ2n) is 3.83. The van der Waals surface area contributed by atoms with E-state index in [-0.39, 0.29) is 0 Å². The number of hydrogen-bond acceptors (Lipinski definition) is 4. The molecule has 1 radical (unpaired) electrons. The predicted octanol–water partition coefficient (Wildman–Crippen LogP) is 0.639. The molecule has 0 bridgehead atoms. The smallest absolute Gasteiger partial charge is 0.326 e. The zero-order valence-corrected chi connectivity index (χ0v) is 8.10. The van der Waals surface area contributed by atoms with Crippen molar-refractivity contribution in [3.63, 3.8) is 0 Å². The van der Waals surface area contributed by atoms with Gasteiger partial charge in [0.25, 0.3) is 0 Å². The Morgan fingerprint density at radius 2 is 2.33 bits per heavy atom. The molecule has 1 aromatic carbocycles. The molecule has 1 aliphatic rings. The molecule has 15 heavy (non-hydrogen) atoms. The Morgan fingerprint density at radius 3 is 3.07 bits per heavy atom. The normalized spacial score (nSPS) is 15.5. The lowest BCUT2D eigenvalue weighted by Gasteiger charge is -1.98. The van der Waals surface area contributed by atoms with Crippen molar-refractivity contribution in [3.05, 3.63) is 18.2 Å². The van der Waals surface area contributed by atoms with Crippen LogP contribution in [0.1, 0.15) is 12.8 Å². The molecule has 0 atom stereocenters. The number of aromatic nitrogens is 1. The number of fused-ring (bicyclic) bond motifs is 1. The molecule has 0 aliphatic heterocycles. The fraction of sp³-hybridized carbons (Fsp3) is 0.300. The van der Waals surface area contributed by atoms with Gasteiger partial charge in [-0.25, -0.2) is 0 Å². The van der Waals surface area contributed by atoms with Gasteiger partial charge in [0, 0.05) is 6.04 Å². The Kier molecular flexibility index (Phi) is 1.92. The second kappa shape index (κ2) is 3.27. The molecule has 1 aromatic heterocycles. The molecule has 1 aliphatic carbocycles. The first-order valence-electron chi connectivity index (χ1n) is 5.00. The first-order valence-corrected chi connectivity index (χ1v) is 5.00. The number of anilines is 1. The summed E-state index contributed by atoms with van der Waals surface area (Å²) in [5, 5.41) is 17.1. The van der Waals surface area contributed by atoms with Crippen molar-refractivity contribution in [1.29, 1.82) is 0 Å². The van der Waals surface area contributed by atoms with Crippen LogP contribution in [0.2, 0.25) is 0 Å². The molecule has 0 unspecified atom stereocenters. The third kappa shape index (κ3) is 1.59. The highest BCUT2D eigenvalue weighted by atomic mass is 16.5. The van der Waals surface area contributed by atoms with Crippen LogP contribution in [0, 0.1) is 0 Å². The van der Waals surface area contributed by atoms with Crippen molar-refractivity contribution in [2.45, 2.75) is 18.9 Å². The Balaban J connectivity index is 2.04. The van der Waals surface area contributed by atoms with Gasteiger partial charge in [0.05, 0.1) is 5.39 Å². The third-order valence-electron chi connectivity index (χ3n) is 2.56. The Labute approximate surface area is 87.5 Å². The van der Waals surface area contributed by atoms with E-state index in [1.54, 1.807) is 6.07 Å². The molecule has 1 fully saturated rings. The highest BCUT2D eigenvalue weighted by molar-refractivity contribution is 6.46. The highest BCUT2D eigenvalue weighted by Gasteiger charge is 2.23. The summed E-state index contributed by atoms with van der Waals surface area (Å²) < 4.78 is 5.17. The van der Waals surface area contributed by atoms with Crippen molar-refractivity contribution in [1.82, 2.24) is 5.16 Å². The standard InChI is InChI=1S/C10H10BN2O2/c14-11-6-1-4-9-8(5-6)10(13-15-9)12-7-2-3-7/h1,4-5,7,14H,2-3H2,(H,12,13). The number of nitrogens with one attached hydrogen (secondary N) is 1. The van der Waals surface area contributed by atoms with E-state index >= 15 is 0 Å². The monoisotopic (exact) mass is 201 g/mol. The van der Waals surface area contributed by atoms with Crippen LogP contribution in [0.25, 0.3) is 11.0 Å². The summed E-state index contributed by atoms with van der Waals surface area (Å²) >= 11 is 0. The summed E-state index contributed by atoms with van der Waals surface area (Å²) in [6.07, 6.45) is 2.39. The van der Waals surface area contributed by atoms with Crippen LogP contribution in [0.3, 0.4) is 0 Å². The Bertz CT molecular complexity index is 493. The summed E-state index contributed by atoms with van der Waals surface area (Å²) in [6.45, 7) is 0. The SMILES string of the molecule is O[B]c1ccc2onc(NC3CC3)c2c1. The maximum Gasteiger partial charge on any atom is 0.326 e.